The smallest absolute Gasteiger partial charge is 0.326 e. The number of hydrogen-bond acceptors (Lipinski definition) is 2. The molecule has 0 saturated carbocycles. The Hall–Kier alpha value is -0.843. The van der Waals surface area contributed by atoms with E-state index in [1.807, 2.05) is 0 Å². The Bertz CT molecular complexity index is 169. The van der Waals surface area contributed by atoms with Gasteiger partial charge in [-0.25, -0.2) is 0 Å². The van der Waals surface area contributed by atoms with Crippen LogP contribution >= 0.6 is 0 Å². The highest BCUT2D eigenvalue weighted by Crippen LogP contribution is 2.14. The van der Waals surface area contributed by atoms with Crippen LogP contribution < -0.4 is 0 Å². The van der Waals surface area contributed by atoms with Crippen molar-refractivity contribution in [2.75, 3.05) is 0 Å². The molecule has 1 atom stereocenters. The average molecular weight is 145 g/mol. The molecule has 1 aliphatic heterocycles. The molecule has 4 nitrogen and oxygen atoms in total. The number of carboxylic acids is 1. The van der Waals surface area contributed by atoms with Gasteiger partial charge in [0.15, 0.2) is 0 Å². The summed E-state index contributed by atoms with van der Waals surface area (Å²) in [5, 5.41) is 8.35. The zero-order valence-corrected chi connectivity index (χ0v) is 7.00. The molecule has 1 N–H and O–H groups in total. The van der Waals surface area contributed by atoms with Gasteiger partial charge in [0.1, 0.15) is 16.4 Å². The fourth-order valence-electron chi connectivity index (χ4n) is 0.761. The molecule has 1 amide bonds. The molecule has 0 aromatic rings. The molecule has 0 aromatic heterocycles. The maximum atomic E-state index is 10.4. The second-order valence-corrected chi connectivity index (χ2v) is 3.03. The molecule has 9 heavy (non-hydrogen) atoms. The van der Waals surface area contributed by atoms with Gasteiger partial charge in [-0.1, -0.05) is 0 Å². The molecule has 1 rings (SSSR count). The summed E-state index contributed by atoms with van der Waals surface area (Å²) < 4.78 is 1.36. The van der Waals surface area contributed by atoms with Gasteiger partial charge in [-0.3, -0.25) is 9.59 Å². The van der Waals surface area contributed by atoms with E-state index in [0.29, 0.717) is 10.4 Å². The van der Waals surface area contributed by atoms with Crippen LogP contribution in [0.15, 0.2) is 0 Å². The molecule has 1 saturated heterocycles. The van der Waals surface area contributed by atoms with Gasteiger partial charge in [0.05, 0.1) is 6.42 Å². The topological polar surface area (TPSA) is 57.6 Å². The fourth-order valence-corrected chi connectivity index (χ4v) is 1.35. The summed E-state index contributed by atoms with van der Waals surface area (Å²) in [5.74, 6) is -0.918. The summed E-state index contributed by atoms with van der Waals surface area (Å²) in [6.45, 7) is 0. The van der Waals surface area contributed by atoms with Crippen LogP contribution in [0.4, 0.5) is 0 Å². The fraction of sp³-hybridized carbons (Fsp3) is 0.500. The minimum Gasteiger partial charge on any atom is -0.480 e. The number of carbonyl (C=O) groups is 2. The summed E-state index contributed by atoms with van der Waals surface area (Å²) in [4.78, 5) is 20.6. The Morgan fingerprint density at radius 2 is 2.44 bits per heavy atom. The van der Waals surface area contributed by atoms with Crippen LogP contribution in [0, 0.1) is 0 Å². The van der Waals surface area contributed by atoms with Gasteiger partial charge in [0.2, 0.25) is 5.91 Å². The molecule has 0 unspecified atom stereocenters. The van der Waals surface area contributed by atoms with E-state index in [2.05, 4.69) is 0 Å². The number of aliphatic carboxylic acids is 1. The van der Waals surface area contributed by atoms with Crippen molar-refractivity contribution in [3.05, 3.63) is 0 Å². The van der Waals surface area contributed by atoms with Gasteiger partial charge >= 0.3 is 5.97 Å². The highest BCUT2D eigenvalue weighted by Gasteiger charge is 2.37. The number of carboxylic acid groups (broad SMARTS) is 1. The zero-order valence-electron chi connectivity index (χ0n) is 5.00. The molecule has 5 heteroatoms. The lowest BCUT2D eigenvalue weighted by Gasteiger charge is -2.34. The highest BCUT2D eigenvalue weighted by molar-refractivity contribution is 6.20. The van der Waals surface area contributed by atoms with E-state index in [4.69, 9.17) is 5.11 Å². The molecule has 0 aromatic carbocycles. The highest BCUT2D eigenvalue weighted by atomic mass is 28.2. The Kier molecular flexibility index (Phi) is 1.28. The van der Waals surface area contributed by atoms with Gasteiger partial charge in [-0.2, -0.15) is 0 Å². The maximum Gasteiger partial charge on any atom is 0.326 e. The van der Waals surface area contributed by atoms with E-state index >= 15 is 0 Å². The number of hydrogen-bond donors (Lipinski definition) is 1. The molecular formula is C4H7NO3Si. The van der Waals surface area contributed by atoms with E-state index in [0.717, 1.165) is 0 Å². The average Bonchev–Trinajstić information content (AvgIpc) is 1.81. The summed E-state index contributed by atoms with van der Waals surface area (Å²) >= 11 is 0. The number of rotatable bonds is 1. The second-order valence-electron chi connectivity index (χ2n) is 2.06. The first-order valence-electron chi connectivity index (χ1n) is 2.61. The van der Waals surface area contributed by atoms with Crippen LogP contribution in [0.2, 0.25) is 0 Å². The molecule has 1 heterocycles. The van der Waals surface area contributed by atoms with Crippen molar-refractivity contribution in [2.24, 2.45) is 0 Å². The third kappa shape index (κ3) is 0.828. The first-order chi connectivity index (χ1) is 4.13. The third-order valence-electron chi connectivity index (χ3n) is 1.51. The van der Waals surface area contributed by atoms with Crippen molar-refractivity contribution >= 4 is 22.3 Å². The van der Waals surface area contributed by atoms with Crippen molar-refractivity contribution in [2.45, 2.75) is 12.5 Å². The largest absolute Gasteiger partial charge is 0.480 e. The van der Waals surface area contributed by atoms with E-state index in [1.165, 1.54) is 4.57 Å². The SMILES string of the molecule is O=C(O)[C@@H]1CC(=O)N1[SiH3]. The Morgan fingerprint density at radius 1 is 1.89 bits per heavy atom. The first kappa shape index (κ1) is 6.28. The lowest BCUT2D eigenvalue weighted by Crippen LogP contribution is -2.55. The van der Waals surface area contributed by atoms with Crippen molar-refractivity contribution in [1.82, 2.24) is 4.57 Å². The van der Waals surface area contributed by atoms with Gasteiger partial charge in [-0.05, 0) is 0 Å². The maximum absolute atomic E-state index is 10.4. The van der Waals surface area contributed by atoms with E-state index in [-0.39, 0.29) is 12.3 Å². The van der Waals surface area contributed by atoms with Crippen LogP contribution in [0.3, 0.4) is 0 Å². The van der Waals surface area contributed by atoms with Crippen LogP contribution in [0.1, 0.15) is 6.42 Å². The minimum absolute atomic E-state index is 0.0333. The molecule has 1 aliphatic rings. The van der Waals surface area contributed by atoms with Gasteiger partial charge in [0, 0.05) is 0 Å². The van der Waals surface area contributed by atoms with Gasteiger partial charge < -0.3 is 9.67 Å². The molecule has 0 spiro atoms. The van der Waals surface area contributed by atoms with E-state index < -0.39 is 12.0 Å². The summed E-state index contributed by atoms with van der Waals surface area (Å²) in [5.41, 5.74) is 0. The zero-order chi connectivity index (χ0) is 7.02. The quantitative estimate of drug-likeness (QED) is 0.341. The minimum atomic E-state index is -0.885. The van der Waals surface area contributed by atoms with E-state index in [9.17, 15) is 9.59 Å². The Balaban J connectivity index is 2.51. The van der Waals surface area contributed by atoms with Gasteiger partial charge in [-0.15, -0.1) is 0 Å². The van der Waals surface area contributed by atoms with Crippen molar-refractivity contribution in [1.29, 1.82) is 0 Å². The normalized spacial score (nSPS) is 26.0. The summed E-state index contributed by atoms with van der Waals surface area (Å²) in [6.07, 6.45) is 0.193. The molecule has 0 bridgehead atoms. The van der Waals surface area contributed by atoms with E-state index in [1.54, 1.807) is 0 Å². The summed E-state index contributed by atoms with van der Waals surface area (Å²) in [7, 11) is 0.524. The van der Waals surface area contributed by atoms with Crippen molar-refractivity contribution < 1.29 is 14.7 Å². The Labute approximate surface area is 55.0 Å². The number of β-lactam (4-membered cyclic amide) rings is 1. The molecular weight excluding hydrogens is 138 g/mol. The predicted octanol–water partition coefficient (Wildman–Crippen LogP) is -2.05. The molecule has 0 radical (unpaired) electrons. The number of carbonyl (C=O) groups excluding carboxylic acids is 1. The second kappa shape index (κ2) is 1.84. The lowest BCUT2D eigenvalue weighted by atomic mass is 10.1. The summed E-state index contributed by atoms with van der Waals surface area (Å²) in [6, 6.07) is -0.510. The Morgan fingerprint density at radius 3 is 2.56 bits per heavy atom. The van der Waals surface area contributed by atoms with Crippen LogP contribution in [-0.2, 0) is 9.59 Å². The molecule has 0 aliphatic carbocycles. The van der Waals surface area contributed by atoms with Crippen molar-refractivity contribution in [3.63, 3.8) is 0 Å². The third-order valence-corrected chi connectivity index (χ3v) is 2.64. The monoisotopic (exact) mass is 145 g/mol. The number of nitrogens with zero attached hydrogens (tertiary/aromatic N) is 1. The van der Waals surface area contributed by atoms with Gasteiger partial charge in [0.25, 0.3) is 0 Å². The van der Waals surface area contributed by atoms with Crippen LogP contribution in [0.25, 0.3) is 0 Å². The lowest BCUT2D eigenvalue weighted by molar-refractivity contribution is -0.155. The van der Waals surface area contributed by atoms with Crippen LogP contribution in [0.5, 0.6) is 0 Å². The standard InChI is InChI=1S/C4H7NO3Si/c6-3-1-2(4(7)8)5(3)9/h2H,1H2,9H3,(H,7,8)/t2-/m0/s1. The van der Waals surface area contributed by atoms with Crippen LogP contribution in [-0.4, -0.2) is 38.0 Å². The molecule has 1 fully saturated rings. The molecule has 50 valence electrons. The first-order valence-corrected chi connectivity index (χ1v) is 3.51. The number of amides is 1. The van der Waals surface area contributed by atoms with Crippen molar-refractivity contribution in [3.8, 4) is 0 Å². The predicted molar refractivity (Wildman–Crippen MR) is 32.8 cm³/mol.